The molecule has 0 fully saturated rings. The molecule has 28 N–H and O–H groups in total. The molecule has 0 spiro atoms. The van der Waals surface area contributed by atoms with Crippen molar-refractivity contribution in [1.82, 2.24) is 74.1 Å². The molecule has 14 atom stereocenters. The second-order valence-corrected chi connectivity index (χ2v) is 27.1. The van der Waals surface area contributed by atoms with Gasteiger partial charge in [-0.05, 0) is 93.7 Å². The van der Waals surface area contributed by atoms with Crippen molar-refractivity contribution >= 4 is 119 Å². The van der Waals surface area contributed by atoms with Gasteiger partial charge in [-0.15, -0.1) is 0 Å². The van der Waals surface area contributed by atoms with Crippen LogP contribution in [-0.4, -0.2) is 231 Å². The highest BCUT2D eigenvalue weighted by Gasteiger charge is 2.39. The summed E-state index contributed by atoms with van der Waals surface area (Å²) < 4.78 is 0. The van der Waals surface area contributed by atoms with E-state index >= 15 is 14.4 Å². The van der Waals surface area contributed by atoms with Crippen LogP contribution in [0, 0.1) is 10.8 Å². The smallest absolute Gasteiger partial charge is 0.327 e. The van der Waals surface area contributed by atoms with Crippen LogP contribution in [0.15, 0.2) is 121 Å². The Kier molecular flexibility index (Phi) is 38.6. The molecule has 4 aromatic carbocycles. The maximum absolute atomic E-state index is 15.4. The molecule has 111 heavy (non-hydrogen) atoms. The Bertz CT molecular complexity index is 3920. The summed E-state index contributed by atoms with van der Waals surface area (Å²) in [5.74, 6) is -13.5. The highest BCUT2D eigenvalue weighted by molar-refractivity contribution is 7.80. The number of rotatable bonds is 48. The topological polar surface area (TPSA) is 610 Å². The average Bonchev–Trinajstić information content (AvgIpc) is 1.68. The van der Waals surface area contributed by atoms with Gasteiger partial charge in [0, 0.05) is 67.4 Å². The van der Waals surface area contributed by atoms with Gasteiger partial charge in [-0.2, -0.15) is 25.3 Å². The number of nitrogens with one attached hydrogen (secondary N) is 16. The van der Waals surface area contributed by atoms with Gasteiger partial charge in [-0.1, -0.05) is 109 Å². The Morgan fingerprint density at radius 2 is 0.757 bits per heavy atom. The summed E-state index contributed by atoms with van der Waals surface area (Å²) in [6, 6.07) is 13.5. The zero-order chi connectivity index (χ0) is 81.7. The molecule has 0 saturated carbocycles. The van der Waals surface area contributed by atoms with E-state index in [0.29, 0.717) is 39.6 Å². The Morgan fingerprint density at radius 1 is 0.423 bits per heavy atom. The number of carboxylic acid groups (broad SMARTS) is 1. The van der Waals surface area contributed by atoms with Gasteiger partial charge in [0.05, 0.1) is 24.9 Å². The van der Waals surface area contributed by atoms with Crippen LogP contribution in [0.5, 0.6) is 0 Å². The van der Waals surface area contributed by atoms with Crippen molar-refractivity contribution < 1.29 is 78.0 Å². The van der Waals surface area contributed by atoms with Gasteiger partial charge in [-0.25, -0.2) is 4.79 Å². The van der Waals surface area contributed by atoms with E-state index in [1.165, 1.54) is 0 Å². The lowest BCUT2D eigenvalue weighted by molar-refractivity contribution is -0.142. The Labute approximate surface area is 652 Å². The van der Waals surface area contributed by atoms with Gasteiger partial charge >= 0.3 is 5.97 Å². The molecule has 0 aliphatic rings. The van der Waals surface area contributed by atoms with Gasteiger partial charge in [-0.3, -0.25) is 63.6 Å². The fourth-order valence-corrected chi connectivity index (χ4v) is 11.9. The molecule has 38 heteroatoms. The minimum atomic E-state index is -1.89. The number of fused-ring (bicyclic) bond motifs is 1. The molecule has 5 aromatic rings. The number of H-pyrrole nitrogens is 1. The zero-order valence-corrected chi connectivity index (χ0v) is 63.3. The minimum absolute atomic E-state index is 0.0216. The molecule has 0 radical (unpaired) electrons. The van der Waals surface area contributed by atoms with Crippen LogP contribution < -0.4 is 92.1 Å². The number of thiol groups is 2. The number of guanidine groups is 2. The van der Waals surface area contributed by atoms with Crippen molar-refractivity contribution in [2.75, 3.05) is 37.7 Å². The predicted molar refractivity (Wildman–Crippen MR) is 419 cm³/mol. The number of aliphatic hydroxyl groups is 3. The molecule has 0 aliphatic heterocycles. The van der Waals surface area contributed by atoms with Crippen LogP contribution in [0.4, 0.5) is 0 Å². The van der Waals surface area contributed by atoms with Crippen LogP contribution in [0.1, 0.15) is 81.0 Å². The maximum atomic E-state index is 15.4. The monoisotopic (exact) mass is 1580 g/mol. The highest BCUT2D eigenvalue weighted by Crippen LogP contribution is 2.21. The van der Waals surface area contributed by atoms with E-state index in [1.807, 2.05) is 0 Å². The van der Waals surface area contributed by atoms with Crippen molar-refractivity contribution in [3.05, 3.63) is 144 Å². The zero-order valence-electron chi connectivity index (χ0n) is 61.5. The number of carbonyl (C=O) groups excluding carboxylic acids is 11. The summed E-state index contributed by atoms with van der Waals surface area (Å²) >= 11 is 8.01. The van der Waals surface area contributed by atoms with Crippen molar-refractivity contribution in [3.63, 3.8) is 0 Å². The lowest BCUT2D eigenvalue weighted by atomic mass is 10.00. The van der Waals surface area contributed by atoms with Crippen LogP contribution in [0.25, 0.3) is 10.9 Å². The first kappa shape index (κ1) is 90.7. The summed E-state index contributed by atoms with van der Waals surface area (Å²) in [7, 11) is 0. The standard InChI is InChI=1S/C73H104N20O16S2/c1-40(95)58(69(106)89-54(34-44-22-10-5-11-23-44)67(104)93-59(41(2)96)70(107)90-56(37-94)68(105)91-57(39-111)71(108)109)92-63(100)49(26-14-15-29-74)85-66(103)55(35-45-36-82-48-25-13-12-24-46(45)48)88-65(102)53(33-43-20-8-4-9-21-43)87-64(101)52(32-42-18-6-3-7-19-42)86-62(99)51(28-17-31-81-73(78)79)84-61(98)50(27-16-30-80-72(76)77)83-60(97)47(75)38-110/h3-13,18-25,36,40-41,47,49-59,82,94-96,110-111H,14-17,26-35,37-39,74-75H2,1-2H3,(H,83,97)(H,84,98)(H,85,103)(H,86,99)(H,87,101)(H,88,102)(H,89,106)(H,90,107)(H,91,105)(H,92,100)(H,93,104)(H,108,109)(H4,76,77,80)(H4,78,79,81)/t40?,41?,47-,49-,50-,51+,52-,53-,54-,55+,56-,57-,58-,59-/m0/s1. The fourth-order valence-electron chi connectivity index (χ4n) is 11.5. The number of aliphatic hydroxyl groups excluding tert-OH is 3. The summed E-state index contributed by atoms with van der Waals surface area (Å²) in [6.45, 7) is 1.56. The number of aromatic nitrogens is 1. The third-order valence-corrected chi connectivity index (χ3v) is 18.3. The normalized spacial score (nSPS) is 14.9. The van der Waals surface area contributed by atoms with E-state index in [-0.39, 0.29) is 107 Å². The van der Waals surface area contributed by atoms with E-state index in [2.05, 4.69) is 99.4 Å². The highest BCUT2D eigenvalue weighted by atomic mass is 32.1. The molecule has 1 heterocycles. The molecule has 1 aromatic heterocycles. The fraction of sp³-hybridized carbons (Fsp3) is 0.452. The number of amides is 11. The number of aromatic amines is 1. The van der Waals surface area contributed by atoms with E-state index in [1.54, 1.807) is 121 Å². The Balaban J connectivity index is 1.49. The number of nitrogens with two attached hydrogens (primary N) is 4. The molecule has 11 amide bonds. The van der Waals surface area contributed by atoms with Gasteiger partial charge < -0.3 is 117 Å². The van der Waals surface area contributed by atoms with Crippen molar-refractivity contribution in [1.29, 1.82) is 10.8 Å². The molecular formula is C73H104N20O16S2. The maximum Gasteiger partial charge on any atom is 0.327 e. The minimum Gasteiger partial charge on any atom is -0.480 e. The number of aliphatic carboxylic acids is 1. The van der Waals surface area contributed by atoms with E-state index in [0.717, 1.165) is 13.8 Å². The summed E-state index contributed by atoms with van der Waals surface area (Å²) in [5.41, 5.74) is 25.6. The lowest BCUT2D eigenvalue weighted by Gasteiger charge is -2.29. The van der Waals surface area contributed by atoms with Crippen molar-refractivity contribution in [2.24, 2.45) is 22.9 Å². The first-order valence-electron chi connectivity index (χ1n) is 36.0. The van der Waals surface area contributed by atoms with E-state index < -0.39 is 162 Å². The third kappa shape index (κ3) is 30.8. The third-order valence-electron chi connectivity index (χ3n) is 17.6. The van der Waals surface area contributed by atoms with Gasteiger partial charge in [0.1, 0.15) is 66.5 Å². The summed E-state index contributed by atoms with van der Waals surface area (Å²) in [6.07, 6.45) is -2.20. The average molecular weight is 1580 g/mol. The summed E-state index contributed by atoms with van der Waals surface area (Å²) in [5, 5.41) is 90.7. The lowest BCUT2D eigenvalue weighted by Crippen LogP contribution is -2.63. The quantitative estimate of drug-likeness (QED) is 0.00755. The SMILES string of the molecule is CC(O)[C@H](NC(=O)[C@H](Cc1ccccc1)NC(=O)[C@@H](NC(=O)[C@H](CCCCN)NC(=O)[C@@H](Cc1c[nH]c2ccccc12)NC(=O)[C@H](Cc1ccccc1)NC(=O)[C@H](Cc1ccccc1)NC(=O)[C@@H](CCCNC(=N)N)NC(=O)[C@H](CCCNC(=N)N)NC(=O)[C@@H](N)CS)C(C)O)C(=O)N[C@@H](CO)C(=O)N[C@@H](CS)C(=O)O. The predicted octanol–water partition coefficient (Wildman–Crippen LogP) is -4.55. The second kappa shape index (κ2) is 47.2. The number of carbonyl (C=O) groups is 12. The summed E-state index contributed by atoms with van der Waals surface area (Å²) in [4.78, 5) is 173. The molecule has 604 valence electrons. The van der Waals surface area contributed by atoms with Crippen molar-refractivity contribution in [3.8, 4) is 0 Å². The first-order chi connectivity index (χ1) is 53.0. The van der Waals surface area contributed by atoms with Crippen LogP contribution >= 0.6 is 25.3 Å². The van der Waals surface area contributed by atoms with Crippen LogP contribution in [0.2, 0.25) is 0 Å². The molecule has 2 unspecified atom stereocenters. The number of carboxylic acids is 1. The molecule has 36 nitrogen and oxygen atoms in total. The van der Waals surface area contributed by atoms with Gasteiger partial charge in [0.2, 0.25) is 65.0 Å². The molecule has 0 saturated heterocycles. The molecule has 0 bridgehead atoms. The number of hydrogen-bond donors (Lipinski definition) is 26. The molecule has 5 rings (SSSR count). The van der Waals surface area contributed by atoms with Gasteiger partial charge in [0.15, 0.2) is 11.9 Å². The Morgan fingerprint density at radius 3 is 1.14 bits per heavy atom. The first-order valence-corrected chi connectivity index (χ1v) is 37.3. The Hall–Kier alpha value is -10.9. The number of para-hydroxylation sites is 1. The number of benzene rings is 4. The van der Waals surface area contributed by atoms with Gasteiger partial charge in [0.25, 0.3) is 0 Å². The van der Waals surface area contributed by atoms with E-state index in [4.69, 9.17) is 33.8 Å². The number of unbranched alkanes of at least 4 members (excludes halogenated alkanes) is 1. The molecule has 0 aliphatic carbocycles. The van der Waals surface area contributed by atoms with Crippen LogP contribution in [0.3, 0.4) is 0 Å². The largest absolute Gasteiger partial charge is 0.480 e. The molecular weight excluding hydrogens is 1480 g/mol. The number of hydrogen-bond acceptors (Lipinski definition) is 21. The van der Waals surface area contributed by atoms with Crippen LogP contribution in [-0.2, 0) is 83.2 Å². The second-order valence-electron chi connectivity index (χ2n) is 26.4. The van der Waals surface area contributed by atoms with Crippen molar-refractivity contribution in [2.45, 2.75) is 169 Å². The van der Waals surface area contributed by atoms with E-state index in [9.17, 15) is 63.6 Å².